The number of rotatable bonds is 8. The number of anilines is 1. The maximum atomic E-state index is 13.3. The van der Waals surface area contributed by atoms with Crippen LogP contribution in [0.25, 0.3) is 0 Å². The molecule has 1 N–H and O–H groups in total. The van der Waals surface area contributed by atoms with E-state index in [-0.39, 0.29) is 23.9 Å². The van der Waals surface area contributed by atoms with Crippen molar-refractivity contribution >= 4 is 23.6 Å². The van der Waals surface area contributed by atoms with Gasteiger partial charge in [-0.15, -0.1) is 0 Å². The van der Waals surface area contributed by atoms with Gasteiger partial charge in [0.25, 0.3) is 5.91 Å². The van der Waals surface area contributed by atoms with Crippen molar-refractivity contribution in [1.29, 1.82) is 0 Å². The van der Waals surface area contributed by atoms with Gasteiger partial charge in [-0.05, 0) is 64.4 Å². The third kappa shape index (κ3) is 7.83. The van der Waals surface area contributed by atoms with Crippen LogP contribution in [0.1, 0.15) is 82.3 Å². The Labute approximate surface area is 231 Å². The van der Waals surface area contributed by atoms with Gasteiger partial charge in [0.2, 0.25) is 5.91 Å². The van der Waals surface area contributed by atoms with Crippen LogP contribution in [0.15, 0.2) is 36.5 Å². The quantitative estimate of drug-likeness (QED) is 0.522. The highest BCUT2D eigenvalue weighted by Crippen LogP contribution is 2.27. The van der Waals surface area contributed by atoms with Gasteiger partial charge in [0.05, 0.1) is 11.7 Å². The normalized spacial score (nSPS) is 18.4. The highest BCUT2D eigenvalue weighted by molar-refractivity contribution is 6.04. The first kappa shape index (κ1) is 28.6. The van der Waals surface area contributed by atoms with Crippen LogP contribution in [0, 0.1) is 5.92 Å². The fourth-order valence-corrected chi connectivity index (χ4v) is 5.26. The third-order valence-electron chi connectivity index (χ3n) is 7.39. The van der Waals surface area contributed by atoms with Gasteiger partial charge in [-0.1, -0.05) is 43.7 Å². The highest BCUT2D eigenvalue weighted by atomic mass is 16.6. The summed E-state index contributed by atoms with van der Waals surface area (Å²) in [5.41, 5.74) is 1.54. The molecule has 1 saturated heterocycles. The molecule has 3 amide bonds. The highest BCUT2D eigenvalue weighted by Gasteiger charge is 2.33. The number of piperidine rings is 1. The molecule has 9 heteroatoms. The fraction of sp³-hybridized carbons (Fsp3) is 0.600. The molecule has 0 aliphatic carbocycles. The van der Waals surface area contributed by atoms with Gasteiger partial charge < -0.3 is 19.9 Å². The maximum absolute atomic E-state index is 13.3. The number of carbonyl (C=O) groups excluding carboxylic acids is 3. The van der Waals surface area contributed by atoms with Crippen molar-refractivity contribution in [3.05, 3.63) is 47.8 Å². The van der Waals surface area contributed by atoms with Crippen LogP contribution < -0.4 is 10.2 Å². The standard InChI is InChI=1S/C30H43N5O4/c1-5-6-12-26(36)35-20-24(19-23-10-8-7-9-11-23)31-28(37)27-25(35)21-34(32-27)18-15-22-13-16-33(17-14-22)29(38)39-30(2,3)4/h7-11,21-22,24H,5-6,12-20H2,1-4H3,(H,31,37)/t24-/m1/s1. The van der Waals surface area contributed by atoms with Gasteiger partial charge in [0.15, 0.2) is 5.69 Å². The Morgan fingerprint density at radius 2 is 1.85 bits per heavy atom. The monoisotopic (exact) mass is 537 g/mol. The number of ether oxygens (including phenoxy) is 1. The van der Waals surface area contributed by atoms with E-state index in [1.54, 1.807) is 9.80 Å². The number of nitrogens with zero attached hydrogens (tertiary/aromatic N) is 4. The van der Waals surface area contributed by atoms with Crippen LogP contribution in [0.4, 0.5) is 10.5 Å². The first-order chi connectivity index (χ1) is 18.6. The molecule has 4 rings (SSSR count). The third-order valence-corrected chi connectivity index (χ3v) is 7.39. The minimum atomic E-state index is -0.494. The molecule has 9 nitrogen and oxygen atoms in total. The zero-order valence-electron chi connectivity index (χ0n) is 23.8. The van der Waals surface area contributed by atoms with Crippen LogP contribution in [-0.4, -0.2) is 63.9 Å². The minimum Gasteiger partial charge on any atom is -0.444 e. The smallest absolute Gasteiger partial charge is 0.410 e. The molecule has 0 unspecified atom stereocenters. The molecular formula is C30H43N5O4. The van der Waals surface area contributed by atoms with E-state index in [0.29, 0.717) is 56.3 Å². The Kier molecular flexibility index (Phi) is 9.30. The lowest BCUT2D eigenvalue weighted by atomic mass is 9.94. The van der Waals surface area contributed by atoms with Crippen molar-refractivity contribution in [2.24, 2.45) is 5.92 Å². The predicted octanol–water partition coefficient (Wildman–Crippen LogP) is 4.80. The fourth-order valence-electron chi connectivity index (χ4n) is 5.26. The Balaban J connectivity index is 1.40. The number of carbonyl (C=O) groups is 3. The van der Waals surface area contributed by atoms with Gasteiger partial charge in [-0.3, -0.25) is 14.3 Å². The average Bonchev–Trinajstić information content (AvgIpc) is 3.28. The number of hydrogen-bond acceptors (Lipinski definition) is 5. The maximum Gasteiger partial charge on any atom is 0.410 e. The van der Waals surface area contributed by atoms with Crippen molar-refractivity contribution in [3.8, 4) is 0 Å². The number of nitrogens with one attached hydrogen (secondary N) is 1. The second kappa shape index (κ2) is 12.7. The van der Waals surface area contributed by atoms with Crippen molar-refractivity contribution in [2.45, 2.75) is 90.8 Å². The van der Waals surface area contributed by atoms with E-state index in [1.807, 2.05) is 62.0 Å². The summed E-state index contributed by atoms with van der Waals surface area (Å²) in [6, 6.07) is 9.83. The molecule has 0 radical (unpaired) electrons. The van der Waals surface area contributed by atoms with Crippen LogP contribution in [0.5, 0.6) is 0 Å². The molecular weight excluding hydrogens is 494 g/mol. The topological polar surface area (TPSA) is 96.8 Å². The summed E-state index contributed by atoms with van der Waals surface area (Å²) in [4.78, 5) is 42.4. The molecule has 212 valence electrons. The molecule has 2 aliphatic rings. The predicted molar refractivity (Wildman–Crippen MR) is 151 cm³/mol. The van der Waals surface area contributed by atoms with E-state index in [9.17, 15) is 14.4 Å². The molecule has 0 bridgehead atoms. The summed E-state index contributed by atoms with van der Waals surface area (Å²) in [6.07, 6.45) is 7.16. The Bertz CT molecular complexity index is 1130. The van der Waals surface area contributed by atoms with Gasteiger partial charge in [0.1, 0.15) is 5.60 Å². The van der Waals surface area contributed by atoms with Crippen molar-refractivity contribution in [2.75, 3.05) is 24.5 Å². The summed E-state index contributed by atoms with van der Waals surface area (Å²) in [7, 11) is 0. The Morgan fingerprint density at radius 1 is 1.13 bits per heavy atom. The van der Waals surface area contributed by atoms with E-state index in [2.05, 4.69) is 17.3 Å². The van der Waals surface area contributed by atoms with Crippen molar-refractivity contribution < 1.29 is 19.1 Å². The van der Waals surface area contributed by atoms with E-state index >= 15 is 0 Å². The van der Waals surface area contributed by atoms with Crippen LogP contribution in [0.3, 0.4) is 0 Å². The van der Waals surface area contributed by atoms with E-state index < -0.39 is 5.60 Å². The lowest BCUT2D eigenvalue weighted by Crippen LogP contribution is -2.44. The molecule has 1 aromatic heterocycles. The zero-order valence-corrected chi connectivity index (χ0v) is 23.8. The molecule has 2 aliphatic heterocycles. The first-order valence-corrected chi connectivity index (χ1v) is 14.3. The van der Waals surface area contributed by atoms with E-state index in [0.717, 1.165) is 37.7 Å². The summed E-state index contributed by atoms with van der Waals surface area (Å²) >= 11 is 0. The largest absolute Gasteiger partial charge is 0.444 e. The number of aromatic nitrogens is 2. The van der Waals surface area contributed by atoms with Gasteiger partial charge in [-0.25, -0.2) is 4.79 Å². The SMILES string of the molecule is CCCCC(=O)N1C[C@@H](Cc2ccccc2)NC(=O)c2nn(CCC3CCN(C(=O)OC(C)(C)C)CC3)cc21. The van der Waals surface area contributed by atoms with Crippen molar-refractivity contribution in [1.82, 2.24) is 20.0 Å². The van der Waals surface area contributed by atoms with Crippen molar-refractivity contribution in [3.63, 3.8) is 0 Å². The molecule has 0 saturated carbocycles. The van der Waals surface area contributed by atoms with E-state index in [4.69, 9.17) is 4.74 Å². The molecule has 1 aromatic carbocycles. The second-order valence-corrected chi connectivity index (χ2v) is 11.8. The van der Waals surface area contributed by atoms with Gasteiger partial charge in [0, 0.05) is 38.8 Å². The lowest BCUT2D eigenvalue weighted by Gasteiger charge is -2.33. The summed E-state index contributed by atoms with van der Waals surface area (Å²) in [6.45, 7) is 10.1. The first-order valence-electron chi connectivity index (χ1n) is 14.3. The number of fused-ring (bicyclic) bond motifs is 1. The minimum absolute atomic E-state index is 0.0294. The average molecular weight is 538 g/mol. The second-order valence-electron chi connectivity index (χ2n) is 11.8. The van der Waals surface area contributed by atoms with Crippen LogP contribution in [0.2, 0.25) is 0 Å². The molecule has 1 atom stereocenters. The van der Waals surface area contributed by atoms with E-state index in [1.165, 1.54) is 0 Å². The van der Waals surface area contributed by atoms with Crippen LogP contribution >= 0.6 is 0 Å². The van der Waals surface area contributed by atoms with Gasteiger partial charge >= 0.3 is 6.09 Å². The lowest BCUT2D eigenvalue weighted by molar-refractivity contribution is -0.118. The molecule has 1 fully saturated rings. The number of benzene rings is 1. The summed E-state index contributed by atoms with van der Waals surface area (Å²) in [5, 5.41) is 7.76. The number of aryl methyl sites for hydroxylation is 1. The zero-order chi connectivity index (χ0) is 28.0. The van der Waals surface area contributed by atoms with Gasteiger partial charge in [-0.2, -0.15) is 5.10 Å². The molecule has 39 heavy (non-hydrogen) atoms. The number of unbranched alkanes of at least 4 members (excludes halogenated alkanes) is 1. The molecule has 2 aromatic rings. The molecule has 3 heterocycles. The summed E-state index contributed by atoms with van der Waals surface area (Å²) in [5.74, 6) is 0.252. The number of amides is 3. The summed E-state index contributed by atoms with van der Waals surface area (Å²) < 4.78 is 7.31. The van der Waals surface area contributed by atoms with Crippen LogP contribution in [-0.2, 0) is 22.5 Å². The number of hydrogen-bond donors (Lipinski definition) is 1. The Morgan fingerprint density at radius 3 is 2.51 bits per heavy atom. The molecule has 0 spiro atoms. The Hall–Kier alpha value is -3.36. The number of likely N-dealkylation sites (tertiary alicyclic amines) is 1.